The first-order chi connectivity index (χ1) is 8.78. The third-order valence-electron chi connectivity index (χ3n) is 2.13. The van der Waals surface area contributed by atoms with Gasteiger partial charge in [-0.25, -0.2) is 4.79 Å². The molecule has 0 heterocycles. The highest BCUT2D eigenvalue weighted by atomic mass is 16.7. The Balaban J connectivity index is 1.97. The van der Waals surface area contributed by atoms with Crippen molar-refractivity contribution >= 4 is 6.16 Å². The van der Waals surface area contributed by atoms with Gasteiger partial charge in [0.1, 0.15) is 11.5 Å². The summed E-state index contributed by atoms with van der Waals surface area (Å²) in [5.41, 5.74) is 0.499. The molecule has 4 heteroatoms. The Bertz CT molecular complexity index is 570. The molecule has 2 aromatic carbocycles. The van der Waals surface area contributed by atoms with Crippen LogP contribution in [0.25, 0.3) is 0 Å². The Morgan fingerprint density at radius 3 is 2.00 bits per heavy atom. The van der Waals surface area contributed by atoms with Crippen molar-refractivity contribution < 1.29 is 14.3 Å². The molecule has 2 aromatic rings. The maximum atomic E-state index is 11.4. The summed E-state index contributed by atoms with van der Waals surface area (Å²) in [4.78, 5) is 11.4. The van der Waals surface area contributed by atoms with Gasteiger partial charge in [0.25, 0.3) is 0 Å². The molecule has 0 fully saturated rings. The average molecular weight is 239 g/mol. The molecule has 0 bridgehead atoms. The van der Waals surface area contributed by atoms with Crippen LogP contribution in [-0.2, 0) is 0 Å². The summed E-state index contributed by atoms with van der Waals surface area (Å²) in [6.45, 7) is 0. The van der Waals surface area contributed by atoms with Gasteiger partial charge >= 0.3 is 6.16 Å². The summed E-state index contributed by atoms with van der Waals surface area (Å²) in [5, 5.41) is 8.62. The molecule has 0 saturated heterocycles. The lowest BCUT2D eigenvalue weighted by molar-refractivity contribution is 0.152. The molecule has 0 aromatic heterocycles. The van der Waals surface area contributed by atoms with E-state index in [9.17, 15) is 4.79 Å². The van der Waals surface area contributed by atoms with Gasteiger partial charge in [0.15, 0.2) is 0 Å². The van der Waals surface area contributed by atoms with Crippen LogP contribution in [0.2, 0.25) is 0 Å². The average Bonchev–Trinajstić information content (AvgIpc) is 2.40. The second-order valence-electron chi connectivity index (χ2n) is 3.40. The van der Waals surface area contributed by atoms with Crippen LogP contribution in [0.1, 0.15) is 5.56 Å². The fraction of sp³-hybridized carbons (Fsp3) is 0. The number of para-hydroxylation sites is 1. The zero-order valence-electron chi connectivity index (χ0n) is 9.37. The minimum Gasteiger partial charge on any atom is -0.395 e. The van der Waals surface area contributed by atoms with Gasteiger partial charge in [-0.1, -0.05) is 18.2 Å². The zero-order chi connectivity index (χ0) is 12.8. The maximum Gasteiger partial charge on any atom is 0.519 e. The van der Waals surface area contributed by atoms with Crippen LogP contribution < -0.4 is 9.47 Å². The van der Waals surface area contributed by atoms with E-state index in [0.717, 1.165) is 0 Å². The zero-order valence-corrected chi connectivity index (χ0v) is 9.37. The molecule has 0 aliphatic heterocycles. The fourth-order valence-corrected chi connectivity index (χ4v) is 1.30. The lowest BCUT2D eigenvalue weighted by Gasteiger charge is -2.04. The Morgan fingerprint density at radius 2 is 1.44 bits per heavy atom. The molecule has 4 nitrogen and oxygen atoms in total. The third kappa shape index (κ3) is 3.09. The van der Waals surface area contributed by atoms with Crippen LogP contribution >= 0.6 is 0 Å². The fourth-order valence-electron chi connectivity index (χ4n) is 1.30. The quantitative estimate of drug-likeness (QED) is 0.596. The molecule has 0 spiro atoms. The Hall–Kier alpha value is -2.80. The summed E-state index contributed by atoms with van der Waals surface area (Å²) < 4.78 is 9.90. The van der Waals surface area contributed by atoms with Gasteiger partial charge in [0, 0.05) is 0 Å². The van der Waals surface area contributed by atoms with Gasteiger partial charge in [-0.15, -0.1) is 0 Å². The first kappa shape index (κ1) is 11.7. The summed E-state index contributed by atoms with van der Waals surface area (Å²) >= 11 is 0. The number of ether oxygens (including phenoxy) is 2. The molecular formula is C14H9NO3. The van der Waals surface area contributed by atoms with Crippen LogP contribution in [0.15, 0.2) is 54.6 Å². The molecular weight excluding hydrogens is 230 g/mol. The van der Waals surface area contributed by atoms with Gasteiger partial charge in [-0.05, 0) is 36.4 Å². The molecule has 0 radical (unpaired) electrons. The molecule has 2 rings (SSSR count). The summed E-state index contributed by atoms with van der Waals surface area (Å²) in [6.07, 6.45) is -0.814. The second kappa shape index (κ2) is 5.51. The summed E-state index contributed by atoms with van der Waals surface area (Å²) in [6, 6.07) is 16.8. The predicted octanol–water partition coefficient (Wildman–Crippen LogP) is 3.14. The third-order valence-corrected chi connectivity index (χ3v) is 2.13. The van der Waals surface area contributed by atoms with Crippen molar-refractivity contribution in [1.29, 1.82) is 5.26 Å². The number of nitrogens with zero attached hydrogens (tertiary/aromatic N) is 1. The van der Waals surface area contributed by atoms with Crippen LogP contribution in [0.3, 0.4) is 0 Å². The van der Waals surface area contributed by atoms with E-state index in [0.29, 0.717) is 17.1 Å². The van der Waals surface area contributed by atoms with E-state index in [2.05, 4.69) is 0 Å². The SMILES string of the molecule is N#Cc1ccc(OC(=O)Oc2ccccc2)cc1. The Kier molecular flexibility index (Phi) is 3.57. The highest BCUT2D eigenvalue weighted by Crippen LogP contribution is 2.14. The number of carbonyl (C=O) groups is 1. The topological polar surface area (TPSA) is 59.3 Å². The number of carbonyl (C=O) groups excluding carboxylic acids is 1. The van der Waals surface area contributed by atoms with Crippen LogP contribution in [-0.4, -0.2) is 6.16 Å². The maximum absolute atomic E-state index is 11.4. The monoisotopic (exact) mass is 239 g/mol. The number of nitriles is 1. The van der Waals surface area contributed by atoms with Crippen LogP contribution in [0.5, 0.6) is 11.5 Å². The van der Waals surface area contributed by atoms with Gasteiger partial charge in [-0.2, -0.15) is 5.26 Å². The van der Waals surface area contributed by atoms with Crippen molar-refractivity contribution in [2.24, 2.45) is 0 Å². The number of benzene rings is 2. The van der Waals surface area contributed by atoms with Crippen molar-refractivity contribution in [3.8, 4) is 17.6 Å². The number of rotatable bonds is 2. The molecule has 0 aliphatic carbocycles. The minimum atomic E-state index is -0.814. The molecule has 0 unspecified atom stereocenters. The van der Waals surface area contributed by atoms with Gasteiger partial charge in [0.2, 0.25) is 0 Å². The van der Waals surface area contributed by atoms with Gasteiger partial charge in [-0.3, -0.25) is 0 Å². The number of hydrogen-bond acceptors (Lipinski definition) is 4. The normalized spacial score (nSPS) is 9.28. The molecule has 0 saturated carbocycles. The van der Waals surface area contributed by atoms with Crippen molar-refractivity contribution in [3.63, 3.8) is 0 Å². The largest absolute Gasteiger partial charge is 0.519 e. The van der Waals surface area contributed by atoms with Crippen molar-refractivity contribution in [2.45, 2.75) is 0 Å². The van der Waals surface area contributed by atoms with E-state index in [4.69, 9.17) is 14.7 Å². The van der Waals surface area contributed by atoms with E-state index < -0.39 is 6.16 Å². The predicted molar refractivity (Wildman–Crippen MR) is 64.3 cm³/mol. The highest BCUT2D eigenvalue weighted by molar-refractivity contribution is 5.67. The Labute approximate surface area is 104 Å². The minimum absolute atomic E-state index is 0.329. The lowest BCUT2D eigenvalue weighted by atomic mass is 10.2. The van der Waals surface area contributed by atoms with E-state index in [-0.39, 0.29) is 0 Å². The van der Waals surface area contributed by atoms with Crippen LogP contribution in [0.4, 0.5) is 4.79 Å². The molecule has 0 amide bonds. The first-order valence-electron chi connectivity index (χ1n) is 5.23. The van der Waals surface area contributed by atoms with E-state index in [1.807, 2.05) is 12.1 Å². The standard InChI is InChI=1S/C14H9NO3/c15-10-11-6-8-13(9-7-11)18-14(16)17-12-4-2-1-3-5-12/h1-9H. The summed E-state index contributed by atoms with van der Waals surface area (Å²) in [5.74, 6) is 0.742. The molecule has 88 valence electrons. The van der Waals surface area contributed by atoms with Crippen LogP contribution in [0, 0.1) is 11.3 Å². The second-order valence-corrected chi connectivity index (χ2v) is 3.40. The smallest absolute Gasteiger partial charge is 0.395 e. The molecule has 0 aliphatic rings. The van der Waals surface area contributed by atoms with E-state index >= 15 is 0 Å². The molecule has 0 N–H and O–H groups in total. The summed E-state index contributed by atoms with van der Waals surface area (Å²) in [7, 11) is 0. The van der Waals surface area contributed by atoms with E-state index in [1.165, 1.54) is 12.1 Å². The lowest BCUT2D eigenvalue weighted by Crippen LogP contribution is -2.13. The van der Waals surface area contributed by atoms with E-state index in [1.54, 1.807) is 36.4 Å². The molecule has 18 heavy (non-hydrogen) atoms. The first-order valence-corrected chi connectivity index (χ1v) is 5.23. The van der Waals surface area contributed by atoms with Gasteiger partial charge < -0.3 is 9.47 Å². The molecule has 0 atom stereocenters. The number of hydrogen-bond donors (Lipinski definition) is 0. The van der Waals surface area contributed by atoms with Gasteiger partial charge in [0.05, 0.1) is 11.6 Å². The van der Waals surface area contributed by atoms with Crippen molar-refractivity contribution in [3.05, 3.63) is 60.2 Å². The van der Waals surface area contributed by atoms with Crippen molar-refractivity contribution in [2.75, 3.05) is 0 Å². The highest BCUT2D eigenvalue weighted by Gasteiger charge is 2.07. The Morgan fingerprint density at radius 1 is 0.889 bits per heavy atom. The van der Waals surface area contributed by atoms with Crippen molar-refractivity contribution in [1.82, 2.24) is 0 Å².